The molecule has 0 spiro atoms. The third-order valence-corrected chi connectivity index (χ3v) is 4.29. The van der Waals surface area contributed by atoms with Crippen molar-refractivity contribution in [3.63, 3.8) is 0 Å². The summed E-state index contributed by atoms with van der Waals surface area (Å²) in [5.41, 5.74) is 1.06. The fourth-order valence-electron chi connectivity index (χ4n) is 2.98. The Balaban J connectivity index is 1.56. The van der Waals surface area contributed by atoms with Crippen molar-refractivity contribution in [3.05, 3.63) is 42.1 Å². The summed E-state index contributed by atoms with van der Waals surface area (Å²) < 4.78 is 7.95. The summed E-state index contributed by atoms with van der Waals surface area (Å²) >= 11 is 0. The maximum Gasteiger partial charge on any atom is 0.137 e. The highest BCUT2D eigenvalue weighted by atomic mass is 16.5. The monoisotopic (exact) mass is 315 g/mol. The van der Waals surface area contributed by atoms with Gasteiger partial charge in [-0.3, -0.25) is 0 Å². The summed E-state index contributed by atoms with van der Waals surface area (Å²) in [6.45, 7) is 2.48. The van der Waals surface area contributed by atoms with Crippen LogP contribution in [0.5, 0.6) is 0 Å². The Morgan fingerprint density at radius 3 is 3.00 bits per heavy atom. The quantitative estimate of drug-likeness (QED) is 0.880. The number of aryl methyl sites for hydroxylation is 1. The van der Waals surface area contributed by atoms with Crippen LogP contribution in [0.1, 0.15) is 24.0 Å². The summed E-state index contributed by atoms with van der Waals surface area (Å²) in [5.74, 6) is 2.45. The minimum absolute atomic E-state index is 0.0866. The first-order valence-corrected chi connectivity index (χ1v) is 8.08. The van der Waals surface area contributed by atoms with Crippen molar-refractivity contribution in [2.24, 2.45) is 13.0 Å². The first-order chi connectivity index (χ1) is 11.1. The van der Waals surface area contributed by atoms with E-state index in [0.717, 1.165) is 43.5 Å². The number of aromatic nitrogens is 3. The summed E-state index contributed by atoms with van der Waals surface area (Å²) in [4.78, 5) is 11.1. The van der Waals surface area contributed by atoms with Gasteiger partial charge in [-0.05, 0) is 18.6 Å². The predicted molar refractivity (Wildman–Crippen MR) is 90.3 cm³/mol. The second kappa shape index (κ2) is 7.10. The Labute approximate surface area is 137 Å². The molecule has 0 unspecified atom stereocenters. The van der Waals surface area contributed by atoms with E-state index in [-0.39, 0.29) is 6.10 Å². The third kappa shape index (κ3) is 3.71. The smallest absolute Gasteiger partial charge is 0.137 e. The van der Waals surface area contributed by atoms with E-state index in [4.69, 9.17) is 4.74 Å². The van der Waals surface area contributed by atoms with Crippen LogP contribution in [0.2, 0.25) is 0 Å². The first kappa shape index (κ1) is 16.0. The van der Waals surface area contributed by atoms with Crippen LogP contribution in [-0.4, -0.2) is 41.8 Å². The molecule has 2 aromatic heterocycles. The molecule has 1 N–H and O–H groups in total. The highest BCUT2D eigenvalue weighted by Crippen LogP contribution is 2.32. The van der Waals surface area contributed by atoms with Crippen LogP contribution in [0, 0.1) is 5.92 Å². The Morgan fingerprint density at radius 1 is 1.39 bits per heavy atom. The van der Waals surface area contributed by atoms with E-state index in [1.54, 1.807) is 0 Å². The molecule has 2 aromatic rings. The van der Waals surface area contributed by atoms with Gasteiger partial charge in [-0.1, -0.05) is 6.07 Å². The number of hydrogen-bond donors (Lipinski definition) is 1. The van der Waals surface area contributed by atoms with Crippen LogP contribution in [0.4, 0.5) is 5.82 Å². The third-order valence-electron chi connectivity index (χ3n) is 4.29. The highest BCUT2D eigenvalue weighted by Gasteiger charge is 2.31. The molecular formula is C17H25N5O. The van der Waals surface area contributed by atoms with Crippen LogP contribution in [-0.2, 0) is 18.3 Å². The molecule has 0 saturated carbocycles. The van der Waals surface area contributed by atoms with Crippen molar-refractivity contribution in [2.45, 2.75) is 19.1 Å². The summed E-state index contributed by atoms with van der Waals surface area (Å²) in [6.07, 6.45) is 4.95. The van der Waals surface area contributed by atoms with E-state index in [9.17, 15) is 0 Å². The van der Waals surface area contributed by atoms with Crippen molar-refractivity contribution in [1.29, 1.82) is 0 Å². The van der Waals surface area contributed by atoms with Crippen molar-refractivity contribution in [1.82, 2.24) is 19.9 Å². The average Bonchev–Trinajstić information content (AvgIpc) is 3.16. The van der Waals surface area contributed by atoms with Crippen molar-refractivity contribution < 1.29 is 4.74 Å². The normalized spacial score (nSPS) is 20.8. The average molecular weight is 315 g/mol. The topological polar surface area (TPSA) is 55.2 Å². The lowest BCUT2D eigenvalue weighted by Crippen LogP contribution is -2.26. The Kier molecular flexibility index (Phi) is 4.93. The van der Waals surface area contributed by atoms with E-state index in [1.807, 2.05) is 49.1 Å². The van der Waals surface area contributed by atoms with Gasteiger partial charge in [0.15, 0.2) is 0 Å². The zero-order valence-corrected chi connectivity index (χ0v) is 14.1. The van der Waals surface area contributed by atoms with Gasteiger partial charge in [-0.2, -0.15) is 0 Å². The fourth-order valence-corrected chi connectivity index (χ4v) is 2.98. The summed E-state index contributed by atoms with van der Waals surface area (Å²) in [6, 6.07) is 6.13. The maximum atomic E-state index is 5.90. The number of hydrogen-bond acceptors (Lipinski definition) is 5. The van der Waals surface area contributed by atoms with E-state index in [2.05, 4.69) is 27.4 Å². The molecule has 0 radical (unpaired) electrons. The van der Waals surface area contributed by atoms with Gasteiger partial charge in [0.1, 0.15) is 17.7 Å². The van der Waals surface area contributed by atoms with E-state index < -0.39 is 0 Å². The standard InChI is InChI=1S/C17H25N5O/c1-21(2)15-6-4-5-14(20-15)12-18-11-13-7-10-23-16(13)17-19-8-9-22(17)3/h4-6,8-9,13,16,18H,7,10-12H2,1-3H3/t13-,16+/m0/s1. The summed E-state index contributed by atoms with van der Waals surface area (Å²) in [7, 11) is 6.03. The minimum Gasteiger partial charge on any atom is -0.370 e. The van der Waals surface area contributed by atoms with E-state index >= 15 is 0 Å². The van der Waals surface area contributed by atoms with Crippen LogP contribution in [0.25, 0.3) is 0 Å². The van der Waals surface area contributed by atoms with Crippen molar-refractivity contribution >= 4 is 5.82 Å². The molecule has 6 heteroatoms. The molecule has 3 rings (SSSR count). The number of nitrogens with one attached hydrogen (secondary N) is 1. The van der Waals surface area contributed by atoms with Gasteiger partial charge < -0.3 is 19.5 Å². The SMILES string of the molecule is CN(C)c1cccc(CNC[C@@H]2CCO[C@H]2c2nccn2C)n1. The molecule has 6 nitrogen and oxygen atoms in total. The Bertz CT molecular complexity index is 639. The van der Waals surface area contributed by atoms with Gasteiger partial charge in [0.2, 0.25) is 0 Å². The molecule has 1 aliphatic heterocycles. The first-order valence-electron chi connectivity index (χ1n) is 8.08. The molecule has 1 fully saturated rings. The molecule has 0 amide bonds. The van der Waals surface area contributed by atoms with Crippen molar-refractivity contribution in [3.8, 4) is 0 Å². The molecule has 23 heavy (non-hydrogen) atoms. The highest BCUT2D eigenvalue weighted by molar-refractivity contribution is 5.36. The van der Waals surface area contributed by atoms with E-state index in [1.165, 1.54) is 0 Å². The number of anilines is 1. The molecule has 1 aliphatic rings. The maximum absolute atomic E-state index is 5.90. The zero-order valence-electron chi connectivity index (χ0n) is 14.1. The second-order valence-electron chi connectivity index (χ2n) is 6.25. The molecule has 0 aromatic carbocycles. The zero-order chi connectivity index (χ0) is 16.2. The predicted octanol–water partition coefficient (Wildman–Crippen LogP) is 1.75. The van der Waals surface area contributed by atoms with Gasteiger partial charge in [-0.25, -0.2) is 9.97 Å². The molecule has 2 atom stereocenters. The molecule has 3 heterocycles. The lowest BCUT2D eigenvalue weighted by Gasteiger charge is -2.19. The number of imidazole rings is 1. The van der Waals surface area contributed by atoms with Crippen LogP contribution in [0.3, 0.4) is 0 Å². The number of nitrogens with zero attached hydrogens (tertiary/aromatic N) is 4. The lowest BCUT2D eigenvalue weighted by molar-refractivity contribution is 0.0810. The van der Waals surface area contributed by atoms with E-state index in [0.29, 0.717) is 5.92 Å². The Morgan fingerprint density at radius 2 is 2.26 bits per heavy atom. The largest absolute Gasteiger partial charge is 0.370 e. The van der Waals surface area contributed by atoms with Gasteiger partial charge in [-0.15, -0.1) is 0 Å². The number of pyridine rings is 1. The van der Waals surface area contributed by atoms with Crippen molar-refractivity contribution in [2.75, 3.05) is 32.1 Å². The Hall–Kier alpha value is -1.92. The minimum atomic E-state index is 0.0866. The summed E-state index contributed by atoms with van der Waals surface area (Å²) in [5, 5.41) is 3.52. The van der Waals surface area contributed by atoms with Gasteiger partial charge in [0.05, 0.1) is 5.69 Å². The molecular weight excluding hydrogens is 290 g/mol. The van der Waals surface area contributed by atoms with Crippen LogP contribution >= 0.6 is 0 Å². The molecule has 0 bridgehead atoms. The van der Waals surface area contributed by atoms with Crippen LogP contribution in [0.15, 0.2) is 30.6 Å². The number of rotatable bonds is 6. The second-order valence-corrected chi connectivity index (χ2v) is 6.25. The molecule has 1 saturated heterocycles. The van der Waals surface area contributed by atoms with Gasteiger partial charge >= 0.3 is 0 Å². The molecule has 0 aliphatic carbocycles. The molecule has 124 valence electrons. The van der Waals surface area contributed by atoms with Crippen LogP contribution < -0.4 is 10.2 Å². The number of ether oxygens (including phenoxy) is 1. The van der Waals surface area contributed by atoms with Gasteiger partial charge in [0.25, 0.3) is 0 Å². The lowest BCUT2D eigenvalue weighted by atomic mass is 10.0. The van der Waals surface area contributed by atoms with Gasteiger partial charge in [0, 0.05) is 59.2 Å². The fraction of sp³-hybridized carbons (Fsp3) is 0.529.